The number of amides is 4. The number of aromatic nitrogens is 1. The average Bonchev–Trinajstić information content (AvgIpc) is 3.76. The third-order valence-corrected chi connectivity index (χ3v) is 11.4. The Bertz CT molecular complexity index is 1660. The summed E-state index contributed by atoms with van der Waals surface area (Å²) in [5.74, 6) is -2.91. The van der Waals surface area contributed by atoms with Crippen LogP contribution in [0, 0.1) is 36.0 Å². The van der Waals surface area contributed by atoms with Crippen LogP contribution in [0.25, 0.3) is 10.9 Å². The van der Waals surface area contributed by atoms with Crippen LogP contribution in [0.1, 0.15) is 62.0 Å². The number of aromatic amines is 1. The molecule has 2 aliphatic carbocycles. The number of piperidine rings is 2. The van der Waals surface area contributed by atoms with E-state index in [0.29, 0.717) is 25.1 Å². The average molecular weight is 666 g/mol. The smallest absolute Gasteiger partial charge is 0.746 e. The van der Waals surface area contributed by atoms with Crippen molar-refractivity contribution >= 4 is 44.6 Å². The SMILES string of the molecule is Cc1cccc2[nH]c(C(=O)N[C@H](C(=O)N3C[C@H]4[C@@H]([C@H]3C(=O)N[C@@H](C[C@@H]3CCCNC3=O)C(O)S(=O)(=O)[O-])C4(C)C)C3CC3)cc12.[Na+]. The molecule has 2 aliphatic heterocycles. The Morgan fingerprint density at radius 2 is 1.89 bits per heavy atom. The van der Waals surface area contributed by atoms with Crippen molar-refractivity contribution in [1.29, 1.82) is 0 Å². The maximum Gasteiger partial charge on any atom is 1.00 e. The van der Waals surface area contributed by atoms with Crippen LogP contribution in [0.15, 0.2) is 24.3 Å². The summed E-state index contributed by atoms with van der Waals surface area (Å²) < 4.78 is 35.5. The van der Waals surface area contributed by atoms with Crippen molar-refractivity contribution in [1.82, 2.24) is 25.8 Å². The van der Waals surface area contributed by atoms with E-state index in [4.69, 9.17) is 0 Å². The predicted octanol–water partition coefficient (Wildman–Crippen LogP) is -2.26. The summed E-state index contributed by atoms with van der Waals surface area (Å²) in [7, 11) is -5.24. The van der Waals surface area contributed by atoms with Gasteiger partial charge in [-0.15, -0.1) is 0 Å². The van der Waals surface area contributed by atoms with Crippen LogP contribution in [-0.2, 0) is 24.5 Å². The first-order valence-corrected chi connectivity index (χ1v) is 17.1. The maximum absolute atomic E-state index is 14.1. The number of nitrogens with zero attached hydrogens (tertiary/aromatic N) is 1. The number of benzene rings is 1. The van der Waals surface area contributed by atoms with Crippen LogP contribution >= 0.6 is 0 Å². The molecule has 4 aliphatic rings. The van der Waals surface area contributed by atoms with Gasteiger partial charge in [-0.05, 0) is 79.9 Å². The molecule has 13 nitrogen and oxygen atoms in total. The Labute approximate surface area is 290 Å². The molecule has 46 heavy (non-hydrogen) atoms. The summed E-state index contributed by atoms with van der Waals surface area (Å²) in [5.41, 5.74) is -0.622. The minimum absolute atomic E-state index is 0. The Morgan fingerprint density at radius 1 is 1.17 bits per heavy atom. The van der Waals surface area contributed by atoms with Crippen molar-refractivity contribution in [2.24, 2.45) is 29.1 Å². The second-order valence-electron chi connectivity index (χ2n) is 13.8. The molecule has 2 aromatic rings. The molecule has 0 bridgehead atoms. The van der Waals surface area contributed by atoms with Crippen molar-refractivity contribution < 1.29 is 66.8 Å². The first-order chi connectivity index (χ1) is 21.2. The first-order valence-electron chi connectivity index (χ1n) is 15.6. The van der Waals surface area contributed by atoms with Crippen molar-refractivity contribution in [2.75, 3.05) is 13.1 Å². The van der Waals surface area contributed by atoms with Crippen molar-refractivity contribution in [3.05, 3.63) is 35.5 Å². The van der Waals surface area contributed by atoms with Gasteiger partial charge < -0.3 is 35.5 Å². The molecular formula is C31H40N5NaO8S. The molecule has 1 aromatic heterocycles. The molecule has 3 heterocycles. The fraction of sp³-hybridized carbons (Fsp3) is 0.613. The van der Waals surface area contributed by atoms with Crippen molar-refractivity contribution in [3.8, 4) is 0 Å². The second-order valence-corrected chi connectivity index (χ2v) is 15.2. The van der Waals surface area contributed by atoms with Gasteiger partial charge in [-0.3, -0.25) is 19.2 Å². The number of hydrogen-bond donors (Lipinski definition) is 5. The van der Waals surface area contributed by atoms with Crippen LogP contribution in [0.3, 0.4) is 0 Å². The Balaban J connectivity index is 0.00000417. The van der Waals surface area contributed by atoms with Crippen LogP contribution < -0.4 is 45.5 Å². The van der Waals surface area contributed by atoms with Gasteiger partial charge in [0.2, 0.25) is 17.7 Å². The minimum atomic E-state index is -5.24. The third kappa shape index (κ3) is 6.61. The van der Waals surface area contributed by atoms with E-state index in [1.165, 1.54) is 4.90 Å². The number of aliphatic hydroxyl groups is 1. The van der Waals surface area contributed by atoms with Gasteiger partial charge in [0.15, 0.2) is 5.44 Å². The maximum atomic E-state index is 14.1. The standard InChI is InChI=1S/C31H41N5O8S.Na/c1-15-6-4-8-20-18(15)13-21(33-20)27(38)35-24(16-9-10-16)29(40)36-14-19-23(31(19,2)3)25(36)28(39)34-22(30(41)45(42,43)44)12-17-7-5-11-32-26(17)37;/h4,6,8,13,16-17,19,22-25,30,33,41H,5,7,9-12,14H2,1-3H3,(H,32,37)(H,34,39)(H,35,38)(H,42,43,44);/q;+1/p-1/t17-,19-,22-,23-,24-,25-,30?;/m0./s1. The van der Waals surface area contributed by atoms with E-state index in [0.717, 1.165) is 29.3 Å². The molecule has 4 amide bonds. The molecule has 0 radical (unpaired) electrons. The molecule has 15 heteroatoms. The van der Waals surface area contributed by atoms with Gasteiger partial charge in [-0.2, -0.15) is 0 Å². The molecule has 5 N–H and O–H groups in total. The number of carbonyl (C=O) groups excluding carboxylic acids is 4. The van der Waals surface area contributed by atoms with Gasteiger partial charge in [-0.25, -0.2) is 8.42 Å². The number of rotatable bonds is 10. The number of likely N-dealkylation sites (tertiary alicyclic amines) is 1. The summed E-state index contributed by atoms with van der Waals surface area (Å²) in [5, 5.41) is 19.5. The van der Waals surface area contributed by atoms with Gasteiger partial charge in [0, 0.05) is 29.9 Å². The van der Waals surface area contributed by atoms with Crippen LogP contribution in [0.2, 0.25) is 0 Å². The van der Waals surface area contributed by atoms with E-state index in [-0.39, 0.29) is 71.6 Å². The largest absolute Gasteiger partial charge is 1.00 e. The molecule has 244 valence electrons. The summed E-state index contributed by atoms with van der Waals surface area (Å²) >= 11 is 0. The summed E-state index contributed by atoms with van der Waals surface area (Å²) in [6.45, 7) is 6.66. The van der Waals surface area contributed by atoms with Gasteiger partial charge in [-0.1, -0.05) is 26.0 Å². The number of fused-ring (bicyclic) bond motifs is 2. The van der Waals surface area contributed by atoms with E-state index >= 15 is 0 Å². The van der Waals surface area contributed by atoms with E-state index in [1.54, 1.807) is 6.07 Å². The molecule has 2 saturated heterocycles. The molecule has 4 fully saturated rings. The zero-order chi connectivity index (χ0) is 32.4. The van der Waals surface area contributed by atoms with Crippen molar-refractivity contribution in [2.45, 2.75) is 76.4 Å². The Hall–Kier alpha value is -2.49. The van der Waals surface area contributed by atoms with Crippen LogP contribution in [0.4, 0.5) is 0 Å². The number of aliphatic hydroxyl groups excluding tert-OH is 1. The van der Waals surface area contributed by atoms with Crippen molar-refractivity contribution in [3.63, 3.8) is 0 Å². The van der Waals surface area contributed by atoms with E-state index in [2.05, 4.69) is 20.9 Å². The zero-order valence-corrected chi connectivity index (χ0v) is 29.4. The molecule has 7 atom stereocenters. The summed E-state index contributed by atoms with van der Waals surface area (Å²) in [6, 6.07) is 4.03. The summed E-state index contributed by atoms with van der Waals surface area (Å²) in [6.07, 6.45) is 2.28. The van der Waals surface area contributed by atoms with Gasteiger partial charge >= 0.3 is 29.6 Å². The molecule has 1 aromatic carbocycles. The molecule has 2 saturated carbocycles. The Morgan fingerprint density at radius 3 is 2.52 bits per heavy atom. The van der Waals surface area contributed by atoms with E-state index in [9.17, 15) is 37.3 Å². The van der Waals surface area contributed by atoms with Gasteiger partial charge in [0.25, 0.3) is 5.91 Å². The molecule has 6 rings (SSSR count). The second kappa shape index (κ2) is 12.8. The van der Waals surface area contributed by atoms with Crippen LogP contribution in [-0.4, -0.2) is 88.2 Å². The molecule has 0 spiro atoms. The number of carbonyl (C=O) groups is 4. The number of H-pyrrole nitrogens is 1. The van der Waals surface area contributed by atoms with Gasteiger partial charge in [0.05, 0.1) is 6.04 Å². The molecule has 1 unspecified atom stereocenters. The van der Waals surface area contributed by atoms with E-state index in [1.807, 2.05) is 39.0 Å². The third-order valence-electron chi connectivity index (χ3n) is 10.4. The zero-order valence-electron chi connectivity index (χ0n) is 26.5. The quantitative estimate of drug-likeness (QED) is 0.138. The normalized spacial score (nSPS) is 27.1. The van der Waals surface area contributed by atoms with Crippen LogP contribution in [0.5, 0.6) is 0 Å². The minimum Gasteiger partial charge on any atom is -0.746 e. The number of hydrogen-bond acceptors (Lipinski definition) is 8. The fourth-order valence-corrected chi connectivity index (χ4v) is 8.12. The monoisotopic (exact) mass is 665 g/mol. The number of nitrogens with one attached hydrogen (secondary N) is 4. The predicted molar refractivity (Wildman–Crippen MR) is 161 cm³/mol. The summed E-state index contributed by atoms with van der Waals surface area (Å²) in [4.78, 5) is 58.4. The Kier molecular flexibility index (Phi) is 9.73. The van der Waals surface area contributed by atoms with Gasteiger partial charge in [0.1, 0.15) is 27.9 Å². The fourth-order valence-electron chi connectivity index (χ4n) is 7.53. The number of aryl methyl sites for hydroxylation is 1. The first kappa shape index (κ1) is 34.8. The van der Waals surface area contributed by atoms with E-state index < -0.39 is 57.3 Å². The molecular weight excluding hydrogens is 625 g/mol. The topological polar surface area (TPSA) is 201 Å².